The Labute approximate surface area is 257 Å². The Kier molecular flexibility index (Phi) is 9.50. The van der Waals surface area contributed by atoms with E-state index in [4.69, 9.17) is 9.15 Å². The maximum absolute atomic E-state index is 13.5. The molecule has 4 aromatic carbocycles. The number of aromatic carboxylic acids is 1. The largest absolute Gasteiger partial charge is 0.478 e. The van der Waals surface area contributed by atoms with Crippen LogP contribution < -0.4 is 0 Å². The van der Waals surface area contributed by atoms with Crippen molar-refractivity contribution in [2.75, 3.05) is 13.7 Å². The molecule has 226 valence electrons. The molecule has 5 aromatic rings. The van der Waals surface area contributed by atoms with Crippen molar-refractivity contribution in [1.82, 2.24) is 15.1 Å². The van der Waals surface area contributed by atoms with Gasteiger partial charge in [0.05, 0.1) is 5.56 Å². The van der Waals surface area contributed by atoms with Gasteiger partial charge in [0.2, 0.25) is 11.8 Å². The van der Waals surface area contributed by atoms with E-state index in [0.717, 1.165) is 51.4 Å². The lowest BCUT2D eigenvalue weighted by Crippen LogP contribution is -2.26. The van der Waals surface area contributed by atoms with Crippen molar-refractivity contribution < 1.29 is 23.8 Å². The Morgan fingerprint density at radius 2 is 1.70 bits per heavy atom. The van der Waals surface area contributed by atoms with Gasteiger partial charge in [-0.15, -0.1) is 10.2 Å². The second-order valence-corrected chi connectivity index (χ2v) is 11.0. The van der Waals surface area contributed by atoms with Crippen LogP contribution in [0.1, 0.15) is 75.6 Å². The van der Waals surface area contributed by atoms with E-state index in [-0.39, 0.29) is 17.6 Å². The molecule has 0 saturated heterocycles. The zero-order valence-corrected chi connectivity index (χ0v) is 25.5. The first kappa shape index (κ1) is 30.6. The van der Waals surface area contributed by atoms with Gasteiger partial charge in [0.1, 0.15) is 6.10 Å². The summed E-state index contributed by atoms with van der Waals surface area (Å²) in [4.78, 5) is 26.5. The lowest BCUT2D eigenvalue weighted by atomic mass is 9.98. The molecule has 1 atom stereocenters. The van der Waals surface area contributed by atoms with Gasteiger partial charge < -0.3 is 19.2 Å². The first-order valence-electron chi connectivity index (χ1n) is 14.9. The van der Waals surface area contributed by atoms with E-state index in [1.54, 1.807) is 30.1 Å². The number of benzene rings is 4. The van der Waals surface area contributed by atoms with Crippen molar-refractivity contribution in [1.29, 1.82) is 0 Å². The number of fused-ring (bicyclic) bond motifs is 1. The fourth-order valence-electron chi connectivity index (χ4n) is 5.35. The molecule has 0 aliphatic rings. The Balaban J connectivity index is 1.27. The van der Waals surface area contributed by atoms with Crippen molar-refractivity contribution in [3.05, 3.63) is 118 Å². The van der Waals surface area contributed by atoms with Crippen LogP contribution in [-0.4, -0.2) is 45.7 Å². The fraction of sp³-hybridized carbons (Fsp3) is 0.278. The molecule has 0 saturated carbocycles. The number of carbonyl (C=O) groups excluding carboxylic acids is 1. The van der Waals surface area contributed by atoms with E-state index in [2.05, 4.69) is 53.5 Å². The molecule has 0 aliphatic heterocycles. The number of aryl methyl sites for hydroxylation is 2. The maximum atomic E-state index is 13.5. The number of hydrogen-bond acceptors (Lipinski definition) is 6. The summed E-state index contributed by atoms with van der Waals surface area (Å²) in [5.41, 5.74) is 5.89. The molecule has 1 unspecified atom stereocenters. The number of amides is 1. The van der Waals surface area contributed by atoms with Gasteiger partial charge in [0.15, 0.2) is 0 Å². The highest BCUT2D eigenvalue weighted by Gasteiger charge is 2.20. The molecule has 0 spiro atoms. The highest BCUT2D eigenvalue weighted by atomic mass is 16.5. The molecule has 5 rings (SSSR count). The Morgan fingerprint density at radius 3 is 2.43 bits per heavy atom. The van der Waals surface area contributed by atoms with Gasteiger partial charge in [0, 0.05) is 38.6 Å². The number of hydrogen-bond donors (Lipinski definition) is 1. The molecule has 0 bridgehead atoms. The van der Waals surface area contributed by atoms with Gasteiger partial charge in [0.25, 0.3) is 5.91 Å². The molecular weight excluding hydrogens is 554 g/mol. The molecule has 0 fully saturated rings. The van der Waals surface area contributed by atoms with Gasteiger partial charge in [-0.05, 0) is 83.1 Å². The molecule has 1 aromatic heterocycles. The summed E-state index contributed by atoms with van der Waals surface area (Å²) in [5, 5.41) is 19.3. The molecular formula is C36H37N3O5. The average molecular weight is 592 g/mol. The van der Waals surface area contributed by atoms with Crippen LogP contribution in [0.15, 0.2) is 83.3 Å². The molecule has 8 heteroatoms. The van der Waals surface area contributed by atoms with Crippen LogP contribution >= 0.6 is 0 Å². The SMILES string of the molecule is CCCc1nnc(C(Cc2ccc(-c3cccc(CN(C)C(=O)c4cc5ccc(C(=O)O)cc5cc4C)c3)cc2)OCC)o1. The number of nitrogens with zero attached hydrogens (tertiary/aromatic N) is 3. The Morgan fingerprint density at radius 1 is 0.909 bits per heavy atom. The third-order valence-corrected chi connectivity index (χ3v) is 7.65. The van der Waals surface area contributed by atoms with Crippen molar-refractivity contribution >= 4 is 22.6 Å². The third kappa shape index (κ3) is 7.03. The van der Waals surface area contributed by atoms with E-state index >= 15 is 0 Å². The zero-order chi connectivity index (χ0) is 31.2. The predicted octanol–water partition coefficient (Wildman–Crippen LogP) is 7.44. The second-order valence-electron chi connectivity index (χ2n) is 11.0. The number of carboxylic acid groups (broad SMARTS) is 1. The van der Waals surface area contributed by atoms with Gasteiger partial charge in [-0.1, -0.05) is 61.5 Å². The minimum absolute atomic E-state index is 0.0895. The van der Waals surface area contributed by atoms with E-state index in [9.17, 15) is 14.7 Å². The molecule has 44 heavy (non-hydrogen) atoms. The first-order chi connectivity index (χ1) is 21.2. The molecule has 1 N–H and O–H groups in total. The highest BCUT2D eigenvalue weighted by molar-refractivity contribution is 6.01. The predicted molar refractivity (Wildman–Crippen MR) is 170 cm³/mol. The summed E-state index contributed by atoms with van der Waals surface area (Å²) in [6.45, 7) is 6.90. The second kappa shape index (κ2) is 13.7. The first-order valence-corrected chi connectivity index (χ1v) is 14.9. The molecule has 0 radical (unpaired) electrons. The van der Waals surface area contributed by atoms with Crippen molar-refractivity contribution in [3.8, 4) is 11.1 Å². The van der Waals surface area contributed by atoms with Crippen LogP contribution in [0.5, 0.6) is 0 Å². The maximum Gasteiger partial charge on any atom is 0.335 e. The van der Waals surface area contributed by atoms with Gasteiger partial charge in [-0.2, -0.15) is 0 Å². The van der Waals surface area contributed by atoms with Crippen molar-refractivity contribution in [2.45, 2.75) is 52.7 Å². The average Bonchev–Trinajstić information content (AvgIpc) is 3.49. The quantitative estimate of drug-likeness (QED) is 0.161. The van der Waals surface area contributed by atoms with Crippen LogP contribution in [0.25, 0.3) is 21.9 Å². The van der Waals surface area contributed by atoms with Crippen molar-refractivity contribution in [3.63, 3.8) is 0 Å². The number of ether oxygens (including phenoxy) is 1. The zero-order valence-electron chi connectivity index (χ0n) is 25.5. The van der Waals surface area contributed by atoms with Crippen LogP contribution in [0.3, 0.4) is 0 Å². The van der Waals surface area contributed by atoms with E-state index < -0.39 is 5.97 Å². The minimum Gasteiger partial charge on any atom is -0.478 e. The summed E-state index contributed by atoms with van der Waals surface area (Å²) in [7, 11) is 1.80. The van der Waals surface area contributed by atoms with Gasteiger partial charge >= 0.3 is 5.97 Å². The summed E-state index contributed by atoms with van der Waals surface area (Å²) < 4.78 is 11.8. The monoisotopic (exact) mass is 591 g/mol. The number of aromatic nitrogens is 2. The lowest BCUT2D eigenvalue weighted by Gasteiger charge is -2.19. The van der Waals surface area contributed by atoms with Gasteiger partial charge in [-0.25, -0.2) is 4.79 Å². The molecule has 8 nitrogen and oxygen atoms in total. The standard InChI is InChI=1S/C36H37N3O5/c1-5-8-33-37-38-34(44-33)32(43-6-2)19-24-11-13-26(14-12-24)27-10-7-9-25(18-27)22-39(4)35(40)31-21-28-15-16-29(36(41)42)20-30(28)17-23(31)3/h7,9-18,20-21,32H,5-6,8,19,22H2,1-4H3,(H,41,42). The van der Waals surface area contributed by atoms with Crippen LogP contribution in [0.2, 0.25) is 0 Å². The van der Waals surface area contributed by atoms with Crippen LogP contribution in [0, 0.1) is 6.92 Å². The van der Waals surface area contributed by atoms with E-state index in [0.29, 0.717) is 36.9 Å². The molecule has 1 heterocycles. The van der Waals surface area contributed by atoms with Gasteiger partial charge in [-0.3, -0.25) is 4.79 Å². The molecule has 1 amide bonds. The van der Waals surface area contributed by atoms with Crippen LogP contribution in [-0.2, 0) is 24.1 Å². The Hall–Kier alpha value is -4.82. The highest BCUT2D eigenvalue weighted by Crippen LogP contribution is 2.27. The van der Waals surface area contributed by atoms with E-state index in [1.807, 2.05) is 38.1 Å². The smallest absolute Gasteiger partial charge is 0.335 e. The lowest BCUT2D eigenvalue weighted by molar-refractivity contribution is 0.0422. The third-order valence-electron chi connectivity index (χ3n) is 7.65. The van der Waals surface area contributed by atoms with Crippen LogP contribution in [0.4, 0.5) is 0 Å². The minimum atomic E-state index is -0.973. The summed E-state index contributed by atoms with van der Waals surface area (Å²) in [6, 6.07) is 25.2. The fourth-order valence-corrected chi connectivity index (χ4v) is 5.35. The number of carboxylic acids is 1. The molecule has 0 aliphatic carbocycles. The summed E-state index contributed by atoms with van der Waals surface area (Å²) in [5.74, 6) is 0.0858. The Bertz CT molecular complexity index is 1780. The summed E-state index contributed by atoms with van der Waals surface area (Å²) >= 11 is 0. The topological polar surface area (TPSA) is 106 Å². The van der Waals surface area contributed by atoms with E-state index in [1.165, 1.54) is 0 Å². The normalized spacial score (nSPS) is 11.9. The number of rotatable bonds is 12. The summed E-state index contributed by atoms with van der Waals surface area (Å²) in [6.07, 6.45) is 2.03. The van der Waals surface area contributed by atoms with Crippen molar-refractivity contribution in [2.24, 2.45) is 0 Å². The number of carbonyl (C=O) groups is 2.